The van der Waals surface area contributed by atoms with Crippen molar-refractivity contribution >= 4 is 5.91 Å². The van der Waals surface area contributed by atoms with E-state index < -0.39 is 0 Å². The first-order chi connectivity index (χ1) is 6.15. The van der Waals surface area contributed by atoms with E-state index in [2.05, 4.69) is 0 Å². The number of carbonyl (C=O) groups is 1. The maximum Gasteiger partial charge on any atom is 0.239 e. The highest BCUT2D eigenvalue weighted by molar-refractivity contribution is 5.81. The summed E-state index contributed by atoms with van der Waals surface area (Å²) >= 11 is 0. The molecule has 1 amide bonds. The first kappa shape index (κ1) is 10.5. The molecule has 0 bridgehead atoms. The molecule has 4 heteroatoms. The molecule has 0 radical (unpaired) electrons. The van der Waals surface area contributed by atoms with E-state index in [-0.39, 0.29) is 11.9 Å². The van der Waals surface area contributed by atoms with Crippen molar-refractivity contribution in [1.29, 1.82) is 0 Å². The molecule has 0 aromatic heterocycles. The Hall–Kier alpha value is -0.610. The number of hydrogen-bond donors (Lipinski definition) is 1. The van der Waals surface area contributed by atoms with Gasteiger partial charge in [-0.1, -0.05) is 0 Å². The molecule has 1 rings (SSSR count). The zero-order chi connectivity index (χ0) is 9.84. The van der Waals surface area contributed by atoms with Crippen molar-refractivity contribution in [2.45, 2.75) is 19.4 Å². The van der Waals surface area contributed by atoms with E-state index in [0.717, 1.165) is 26.1 Å². The normalized spacial score (nSPS) is 24.8. The quantitative estimate of drug-likeness (QED) is 0.665. The van der Waals surface area contributed by atoms with Gasteiger partial charge >= 0.3 is 0 Å². The molecule has 1 heterocycles. The van der Waals surface area contributed by atoms with Crippen molar-refractivity contribution in [2.75, 3.05) is 26.8 Å². The van der Waals surface area contributed by atoms with E-state index in [1.54, 1.807) is 14.0 Å². The zero-order valence-electron chi connectivity index (χ0n) is 8.32. The zero-order valence-corrected chi connectivity index (χ0v) is 8.32. The summed E-state index contributed by atoms with van der Waals surface area (Å²) in [6, 6.07) is -0.374. The maximum atomic E-state index is 11.5. The number of carbonyl (C=O) groups excluding carboxylic acids is 1. The van der Waals surface area contributed by atoms with Gasteiger partial charge in [-0.15, -0.1) is 0 Å². The SMILES string of the molecule is COC[C@@H]1CCN(C(=O)[C@@H](C)N)C1. The molecular formula is C9H18N2O2. The van der Waals surface area contributed by atoms with Crippen molar-refractivity contribution in [3.05, 3.63) is 0 Å². The van der Waals surface area contributed by atoms with E-state index in [9.17, 15) is 4.79 Å². The minimum Gasteiger partial charge on any atom is -0.384 e. The molecule has 4 nitrogen and oxygen atoms in total. The first-order valence-corrected chi connectivity index (χ1v) is 4.68. The fraction of sp³-hybridized carbons (Fsp3) is 0.889. The largest absolute Gasteiger partial charge is 0.384 e. The minimum absolute atomic E-state index is 0.0543. The standard InChI is InChI=1S/C9H18N2O2/c1-7(10)9(12)11-4-3-8(5-11)6-13-2/h7-8H,3-6,10H2,1-2H3/t7-,8-/m1/s1. The van der Waals surface area contributed by atoms with E-state index in [0.29, 0.717) is 5.92 Å². The molecule has 2 atom stereocenters. The van der Waals surface area contributed by atoms with Crippen LogP contribution in [0.2, 0.25) is 0 Å². The third-order valence-corrected chi connectivity index (χ3v) is 2.39. The molecule has 1 aliphatic rings. The highest BCUT2D eigenvalue weighted by atomic mass is 16.5. The number of likely N-dealkylation sites (tertiary alicyclic amines) is 1. The molecule has 13 heavy (non-hydrogen) atoms. The van der Waals surface area contributed by atoms with E-state index >= 15 is 0 Å². The Balaban J connectivity index is 2.36. The Labute approximate surface area is 79.0 Å². The van der Waals surface area contributed by atoms with E-state index in [1.165, 1.54) is 0 Å². The lowest BCUT2D eigenvalue weighted by atomic mass is 10.1. The summed E-state index contributed by atoms with van der Waals surface area (Å²) in [5, 5.41) is 0. The van der Waals surface area contributed by atoms with Gasteiger partial charge in [0, 0.05) is 26.1 Å². The minimum atomic E-state index is -0.374. The summed E-state index contributed by atoms with van der Waals surface area (Å²) in [6.07, 6.45) is 1.03. The van der Waals surface area contributed by atoms with Crippen LogP contribution < -0.4 is 5.73 Å². The van der Waals surface area contributed by atoms with Crippen LogP contribution >= 0.6 is 0 Å². The van der Waals surface area contributed by atoms with Crippen molar-refractivity contribution in [3.8, 4) is 0 Å². The molecule has 76 valence electrons. The number of nitrogens with two attached hydrogens (primary N) is 1. The third-order valence-electron chi connectivity index (χ3n) is 2.39. The highest BCUT2D eigenvalue weighted by Gasteiger charge is 2.27. The summed E-state index contributed by atoms with van der Waals surface area (Å²) in [5.41, 5.74) is 5.51. The average molecular weight is 186 g/mol. The molecule has 1 fully saturated rings. The van der Waals surface area contributed by atoms with Gasteiger partial charge < -0.3 is 15.4 Å². The second-order valence-electron chi connectivity index (χ2n) is 3.68. The average Bonchev–Trinajstić information content (AvgIpc) is 2.52. The number of amides is 1. The molecule has 2 N–H and O–H groups in total. The lowest BCUT2D eigenvalue weighted by Gasteiger charge is -2.18. The van der Waals surface area contributed by atoms with Crippen LogP contribution in [0.3, 0.4) is 0 Å². The summed E-state index contributed by atoms with van der Waals surface area (Å²) in [5.74, 6) is 0.548. The molecule has 0 saturated carbocycles. The lowest BCUT2D eigenvalue weighted by molar-refractivity contribution is -0.131. The summed E-state index contributed by atoms with van der Waals surface area (Å²) in [7, 11) is 1.69. The van der Waals surface area contributed by atoms with Crippen LogP contribution in [0.5, 0.6) is 0 Å². The van der Waals surface area contributed by atoms with Crippen LogP contribution in [-0.2, 0) is 9.53 Å². The topological polar surface area (TPSA) is 55.6 Å². The van der Waals surface area contributed by atoms with Gasteiger partial charge in [0.2, 0.25) is 5.91 Å². The van der Waals surface area contributed by atoms with Gasteiger partial charge in [-0.3, -0.25) is 4.79 Å². The number of hydrogen-bond acceptors (Lipinski definition) is 3. The fourth-order valence-electron chi connectivity index (χ4n) is 1.69. The molecule has 0 aromatic carbocycles. The Morgan fingerprint density at radius 1 is 1.77 bits per heavy atom. The Morgan fingerprint density at radius 2 is 2.46 bits per heavy atom. The van der Waals surface area contributed by atoms with Gasteiger partial charge in [-0.2, -0.15) is 0 Å². The van der Waals surface area contributed by atoms with Crippen molar-refractivity contribution in [2.24, 2.45) is 11.7 Å². The van der Waals surface area contributed by atoms with Crippen LogP contribution in [0.15, 0.2) is 0 Å². The van der Waals surface area contributed by atoms with Gasteiger partial charge in [0.15, 0.2) is 0 Å². The Bertz CT molecular complexity index is 182. The Kier molecular flexibility index (Phi) is 3.69. The molecule has 0 aliphatic carbocycles. The number of nitrogens with zero attached hydrogens (tertiary/aromatic N) is 1. The number of ether oxygens (including phenoxy) is 1. The molecule has 0 aromatic rings. The number of rotatable bonds is 3. The second kappa shape index (κ2) is 4.58. The fourth-order valence-corrected chi connectivity index (χ4v) is 1.69. The molecule has 0 spiro atoms. The van der Waals surface area contributed by atoms with Crippen LogP contribution in [-0.4, -0.2) is 43.7 Å². The van der Waals surface area contributed by atoms with Gasteiger partial charge in [0.1, 0.15) is 0 Å². The summed E-state index contributed by atoms with van der Waals surface area (Å²) in [4.78, 5) is 13.3. The smallest absolute Gasteiger partial charge is 0.239 e. The van der Waals surface area contributed by atoms with Gasteiger partial charge in [-0.05, 0) is 13.3 Å². The van der Waals surface area contributed by atoms with Crippen LogP contribution in [0.1, 0.15) is 13.3 Å². The predicted octanol–water partition coefficient (Wildman–Crippen LogP) is -0.171. The van der Waals surface area contributed by atoms with Crippen molar-refractivity contribution in [3.63, 3.8) is 0 Å². The van der Waals surface area contributed by atoms with Crippen molar-refractivity contribution in [1.82, 2.24) is 4.90 Å². The van der Waals surface area contributed by atoms with E-state index in [4.69, 9.17) is 10.5 Å². The number of methoxy groups -OCH3 is 1. The lowest BCUT2D eigenvalue weighted by Crippen LogP contribution is -2.40. The summed E-state index contributed by atoms with van der Waals surface area (Å²) < 4.78 is 5.05. The highest BCUT2D eigenvalue weighted by Crippen LogP contribution is 2.16. The summed E-state index contributed by atoms with van der Waals surface area (Å²) in [6.45, 7) is 4.09. The maximum absolute atomic E-state index is 11.5. The molecule has 1 saturated heterocycles. The van der Waals surface area contributed by atoms with Crippen LogP contribution in [0.4, 0.5) is 0 Å². The van der Waals surface area contributed by atoms with Crippen LogP contribution in [0.25, 0.3) is 0 Å². The monoisotopic (exact) mass is 186 g/mol. The molecular weight excluding hydrogens is 168 g/mol. The van der Waals surface area contributed by atoms with Crippen LogP contribution in [0, 0.1) is 5.92 Å². The molecule has 1 aliphatic heterocycles. The van der Waals surface area contributed by atoms with E-state index in [1.807, 2.05) is 4.90 Å². The van der Waals surface area contributed by atoms with Gasteiger partial charge in [0.05, 0.1) is 12.6 Å². The van der Waals surface area contributed by atoms with Crippen molar-refractivity contribution < 1.29 is 9.53 Å². The van der Waals surface area contributed by atoms with Gasteiger partial charge in [-0.25, -0.2) is 0 Å². The second-order valence-corrected chi connectivity index (χ2v) is 3.68. The third kappa shape index (κ3) is 2.67. The molecule has 0 unspecified atom stereocenters. The predicted molar refractivity (Wildman–Crippen MR) is 50.2 cm³/mol. The Morgan fingerprint density at radius 3 is 3.00 bits per heavy atom. The van der Waals surface area contributed by atoms with Gasteiger partial charge in [0.25, 0.3) is 0 Å². The first-order valence-electron chi connectivity index (χ1n) is 4.68.